The van der Waals surface area contributed by atoms with Gasteiger partial charge in [-0.05, 0) is 35.9 Å². The van der Waals surface area contributed by atoms with Crippen molar-refractivity contribution in [3.05, 3.63) is 82.4 Å². The Bertz CT molecular complexity index is 916. The second-order valence-electron chi connectivity index (χ2n) is 5.83. The van der Waals surface area contributed by atoms with Gasteiger partial charge in [-0.25, -0.2) is 0 Å². The maximum atomic E-state index is 12.7. The molecule has 1 aliphatic heterocycles. The minimum Gasteiger partial charge on any atom is -0.319 e. The van der Waals surface area contributed by atoms with E-state index in [-0.39, 0.29) is 6.04 Å². The van der Waals surface area contributed by atoms with Crippen molar-refractivity contribution in [2.45, 2.75) is 18.8 Å². The molecular formula is C18H13ClF3N3. The predicted molar refractivity (Wildman–Crippen MR) is 88.7 cm³/mol. The normalized spacial score (nSPS) is 16.9. The number of nitrogens with one attached hydrogen (secondary N) is 1. The summed E-state index contributed by atoms with van der Waals surface area (Å²) in [6.45, 7) is 0.502. The van der Waals surface area contributed by atoms with Gasteiger partial charge in [0.2, 0.25) is 0 Å². The third-order valence-electron chi connectivity index (χ3n) is 4.32. The summed E-state index contributed by atoms with van der Waals surface area (Å²) < 4.78 is 40.2. The number of benzene rings is 1. The van der Waals surface area contributed by atoms with Gasteiger partial charge >= 0.3 is 6.18 Å². The van der Waals surface area contributed by atoms with Crippen LogP contribution in [0.5, 0.6) is 0 Å². The monoisotopic (exact) mass is 363 g/mol. The van der Waals surface area contributed by atoms with Gasteiger partial charge in [-0.1, -0.05) is 23.7 Å². The van der Waals surface area contributed by atoms with Crippen molar-refractivity contribution in [1.82, 2.24) is 14.9 Å². The van der Waals surface area contributed by atoms with E-state index in [9.17, 15) is 13.2 Å². The molecule has 0 fully saturated rings. The Morgan fingerprint density at radius 1 is 1.12 bits per heavy atom. The van der Waals surface area contributed by atoms with Crippen molar-refractivity contribution in [3.63, 3.8) is 0 Å². The van der Waals surface area contributed by atoms with Crippen molar-refractivity contribution in [3.8, 4) is 5.69 Å². The lowest BCUT2D eigenvalue weighted by molar-refractivity contribution is -0.141. The first kappa shape index (κ1) is 16.2. The molecule has 25 heavy (non-hydrogen) atoms. The fourth-order valence-corrected chi connectivity index (χ4v) is 3.37. The number of halogens is 4. The van der Waals surface area contributed by atoms with Gasteiger partial charge < -0.3 is 9.88 Å². The van der Waals surface area contributed by atoms with Crippen LogP contribution in [0.15, 0.2) is 54.9 Å². The van der Waals surface area contributed by atoms with E-state index >= 15 is 0 Å². The quantitative estimate of drug-likeness (QED) is 0.677. The molecule has 1 aromatic carbocycles. The van der Waals surface area contributed by atoms with Crippen LogP contribution in [0, 0.1) is 0 Å². The molecule has 1 unspecified atom stereocenters. The fraction of sp³-hybridized carbons (Fsp3) is 0.167. The van der Waals surface area contributed by atoms with Crippen LogP contribution in [0.3, 0.4) is 0 Å². The first-order valence-corrected chi connectivity index (χ1v) is 8.04. The lowest BCUT2D eigenvalue weighted by Gasteiger charge is -2.18. The maximum Gasteiger partial charge on any atom is 0.433 e. The van der Waals surface area contributed by atoms with E-state index in [0.717, 1.165) is 23.0 Å². The van der Waals surface area contributed by atoms with Crippen molar-refractivity contribution in [2.75, 3.05) is 0 Å². The summed E-state index contributed by atoms with van der Waals surface area (Å²) in [5, 5.41) is 4.02. The van der Waals surface area contributed by atoms with Crippen molar-refractivity contribution in [1.29, 1.82) is 0 Å². The van der Waals surface area contributed by atoms with Crippen LogP contribution in [0.1, 0.15) is 28.6 Å². The highest BCUT2D eigenvalue weighted by Gasteiger charge is 2.32. The Labute approximate surface area is 147 Å². The Hall–Kier alpha value is -2.31. The predicted octanol–water partition coefficient (Wildman–Crippen LogP) is 4.74. The number of hydrogen-bond acceptors (Lipinski definition) is 2. The van der Waals surface area contributed by atoms with Gasteiger partial charge in [-0.15, -0.1) is 0 Å². The summed E-state index contributed by atoms with van der Waals surface area (Å²) in [5.74, 6) is 0. The van der Waals surface area contributed by atoms with Crippen LogP contribution in [0.2, 0.25) is 5.02 Å². The summed E-state index contributed by atoms with van der Waals surface area (Å²) in [6.07, 6.45) is -1.25. The molecule has 1 atom stereocenters. The average molecular weight is 364 g/mol. The van der Waals surface area contributed by atoms with Crippen molar-refractivity contribution >= 4 is 11.6 Å². The van der Waals surface area contributed by atoms with Crippen LogP contribution in [-0.2, 0) is 12.7 Å². The number of fused-ring (bicyclic) bond motifs is 3. The molecule has 4 rings (SSSR count). The van der Waals surface area contributed by atoms with Crippen LogP contribution in [0.25, 0.3) is 5.69 Å². The smallest absolute Gasteiger partial charge is 0.319 e. The van der Waals surface area contributed by atoms with E-state index in [1.165, 1.54) is 12.3 Å². The largest absolute Gasteiger partial charge is 0.433 e. The van der Waals surface area contributed by atoms with E-state index in [2.05, 4.69) is 10.3 Å². The molecule has 0 bridgehead atoms. The number of nitrogens with zero attached hydrogens (tertiary/aromatic N) is 2. The standard InChI is InChI=1S/C18H13ClF3N3/c19-13-3-1-4-14-12(13)10-24-17(15-5-2-8-25(14)15)11-6-7-16(23-9-11)18(20,21)22/h1-9,17,24H,10H2. The van der Waals surface area contributed by atoms with E-state index in [1.807, 2.05) is 41.1 Å². The third kappa shape index (κ3) is 2.81. The highest BCUT2D eigenvalue weighted by Crippen LogP contribution is 2.34. The minimum atomic E-state index is -4.45. The lowest BCUT2D eigenvalue weighted by Crippen LogP contribution is -2.22. The summed E-state index contributed by atoms with van der Waals surface area (Å²) in [4.78, 5) is 3.58. The number of hydrogen-bond donors (Lipinski definition) is 1. The van der Waals surface area contributed by atoms with Gasteiger partial charge in [0.25, 0.3) is 0 Å². The topological polar surface area (TPSA) is 29.9 Å². The Morgan fingerprint density at radius 2 is 1.96 bits per heavy atom. The molecule has 1 N–H and O–H groups in total. The number of alkyl halides is 3. The molecule has 0 saturated carbocycles. The molecule has 0 saturated heterocycles. The van der Waals surface area contributed by atoms with Crippen molar-refractivity contribution < 1.29 is 13.2 Å². The van der Waals surface area contributed by atoms with Crippen LogP contribution >= 0.6 is 11.6 Å². The van der Waals surface area contributed by atoms with Gasteiger partial charge in [0.15, 0.2) is 0 Å². The van der Waals surface area contributed by atoms with E-state index in [1.54, 1.807) is 0 Å². The molecule has 3 heterocycles. The zero-order valence-corrected chi connectivity index (χ0v) is 13.6. The number of pyridine rings is 1. The molecule has 3 nitrogen and oxygen atoms in total. The summed E-state index contributed by atoms with van der Waals surface area (Å²) in [5.41, 5.74) is 2.59. The molecule has 3 aromatic rings. The van der Waals surface area contributed by atoms with Gasteiger partial charge in [0.1, 0.15) is 5.69 Å². The van der Waals surface area contributed by atoms with E-state index in [0.29, 0.717) is 17.1 Å². The SMILES string of the molecule is FC(F)(F)c1ccc(C2NCc3c(Cl)cccc3-n3cccc32)cn1. The highest BCUT2D eigenvalue weighted by molar-refractivity contribution is 6.31. The molecule has 128 valence electrons. The Morgan fingerprint density at radius 3 is 2.68 bits per heavy atom. The zero-order valence-electron chi connectivity index (χ0n) is 12.9. The molecule has 2 aromatic heterocycles. The Balaban J connectivity index is 1.78. The van der Waals surface area contributed by atoms with Crippen LogP contribution in [-0.4, -0.2) is 9.55 Å². The Kier molecular flexibility index (Phi) is 3.81. The van der Waals surface area contributed by atoms with Gasteiger partial charge in [0, 0.05) is 35.2 Å². The minimum absolute atomic E-state index is 0.284. The lowest BCUT2D eigenvalue weighted by atomic mass is 10.1. The maximum absolute atomic E-state index is 12.7. The highest BCUT2D eigenvalue weighted by atomic mass is 35.5. The molecule has 0 spiro atoms. The molecule has 0 amide bonds. The third-order valence-corrected chi connectivity index (χ3v) is 4.68. The fourth-order valence-electron chi connectivity index (χ4n) is 3.14. The second-order valence-corrected chi connectivity index (χ2v) is 6.24. The van der Waals surface area contributed by atoms with E-state index < -0.39 is 11.9 Å². The number of aromatic nitrogens is 2. The summed E-state index contributed by atoms with van der Waals surface area (Å²) >= 11 is 6.32. The number of rotatable bonds is 1. The second kappa shape index (κ2) is 5.89. The van der Waals surface area contributed by atoms with Gasteiger partial charge in [0.05, 0.1) is 11.7 Å². The molecule has 1 aliphatic rings. The summed E-state index contributed by atoms with van der Waals surface area (Å²) in [7, 11) is 0. The molecular weight excluding hydrogens is 351 g/mol. The van der Waals surface area contributed by atoms with Crippen LogP contribution < -0.4 is 5.32 Å². The van der Waals surface area contributed by atoms with Gasteiger partial charge in [-0.2, -0.15) is 13.2 Å². The van der Waals surface area contributed by atoms with Crippen molar-refractivity contribution in [2.24, 2.45) is 0 Å². The molecule has 7 heteroatoms. The first-order chi connectivity index (χ1) is 11.9. The molecule has 0 radical (unpaired) electrons. The summed E-state index contributed by atoms with van der Waals surface area (Å²) in [6, 6.07) is 11.7. The molecule has 0 aliphatic carbocycles. The van der Waals surface area contributed by atoms with E-state index in [4.69, 9.17) is 11.6 Å². The zero-order chi connectivity index (χ0) is 17.6. The average Bonchev–Trinajstić information content (AvgIpc) is 2.99. The van der Waals surface area contributed by atoms with Crippen LogP contribution in [0.4, 0.5) is 13.2 Å². The van der Waals surface area contributed by atoms with Gasteiger partial charge in [-0.3, -0.25) is 4.98 Å². The first-order valence-electron chi connectivity index (χ1n) is 7.66.